The molecule has 92 valence electrons. The number of carbonyl (C=O) groups is 1. The maximum absolute atomic E-state index is 10.8. The van der Waals surface area contributed by atoms with E-state index in [2.05, 4.69) is 14.2 Å². The summed E-state index contributed by atoms with van der Waals surface area (Å²) in [5.41, 5.74) is 0. The molecular weight excluding hydrogens is 216 g/mol. The molecule has 0 aliphatic carbocycles. The average Bonchev–Trinajstić information content (AvgIpc) is 2.30. The van der Waals surface area contributed by atoms with E-state index >= 15 is 0 Å². The summed E-state index contributed by atoms with van der Waals surface area (Å²) in [6, 6.07) is 0. The maximum Gasteiger partial charge on any atom is 0.513 e. The minimum absolute atomic E-state index is 0.299. The Morgan fingerprint density at radius 1 is 1.38 bits per heavy atom. The van der Waals surface area contributed by atoms with Crippen LogP contribution in [0.25, 0.3) is 0 Å². The minimum atomic E-state index is -1.08. The Morgan fingerprint density at radius 2 is 2.06 bits per heavy atom. The molecule has 6 nitrogen and oxygen atoms in total. The highest BCUT2D eigenvalue weighted by atomic mass is 16.7. The molecule has 6 heteroatoms. The molecule has 0 amide bonds. The predicted octanol–water partition coefficient (Wildman–Crippen LogP) is 0.557. The van der Waals surface area contributed by atoms with Gasteiger partial charge in [0.05, 0.1) is 26.2 Å². The fourth-order valence-corrected chi connectivity index (χ4v) is 0.641. The van der Waals surface area contributed by atoms with E-state index in [1.54, 1.807) is 12.2 Å². The number of allylic oxidation sites excluding steroid dienone is 2. The number of aliphatic hydroxyl groups is 2. The second-order valence-electron chi connectivity index (χ2n) is 2.73. The van der Waals surface area contributed by atoms with Gasteiger partial charge in [-0.05, 0) is 18.6 Å². The zero-order valence-electron chi connectivity index (χ0n) is 9.04. The second-order valence-corrected chi connectivity index (χ2v) is 2.73. The van der Waals surface area contributed by atoms with Crippen LogP contribution >= 0.6 is 0 Å². The normalized spacial score (nSPS) is 12.9. The zero-order chi connectivity index (χ0) is 12.2. The fourth-order valence-electron chi connectivity index (χ4n) is 0.641. The van der Waals surface area contributed by atoms with Crippen molar-refractivity contribution in [2.24, 2.45) is 0 Å². The summed E-state index contributed by atoms with van der Waals surface area (Å²) in [6.45, 7) is -0.766. The first-order valence-electron chi connectivity index (χ1n) is 4.65. The molecule has 2 N–H and O–H groups in total. The molecule has 1 atom stereocenters. The Morgan fingerprint density at radius 3 is 2.69 bits per heavy atom. The first kappa shape index (κ1) is 14.5. The monoisotopic (exact) mass is 232 g/mol. The Balaban J connectivity index is 3.53. The molecule has 0 heterocycles. The van der Waals surface area contributed by atoms with Crippen molar-refractivity contribution in [1.29, 1.82) is 0 Å². The Hall–Kier alpha value is -1.53. The summed E-state index contributed by atoms with van der Waals surface area (Å²) in [5.74, 6) is 0. The standard InChI is InChI=1S/C10H16O6/c1-14-5-3-2-4-6-15-10(13)16-8-9(12)7-11/h3-6,9,11-12H,2,7-8H2,1H3/b5-3-,6-4-. The van der Waals surface area contributed by atoms with Crippen molar-refractivity contribution in [3.05, 3.63) is 24.7 Å². The maximum atomic E-state index is 10.8. The van der Waals surface area contributed by atoms with Crippen molar-refractivity contribution in [3.8, 4) is 0 Å². The lowest BCUT2D eigenvalue weighted by Crippen LogP contribution is -2.21. The van der Waals surface area contributed by atoms with Gasteiger partial charge in [0.25, 0.3) is 0 Å². The van der Waals surface area contributed by atoms with E-state index < -0.39 is 18.9 Å². The number of carbonyl (C=O) groups excluding carboxylic acids is 1. The van der Waals surface area contributed by atoms with Gasteiger partial charge in [-0.1, -0.05) is 0 Å². The van der Waals surface area contributed by atoms with Crippen LogP contribution in [0.2, 0.25) is 0 Å². The van der Waals surface area contributed by atoms with Crippen molar-refractivity contribution >= 4 is 6.16 Å². The lowest BCUT2D eigenvalue weighted by molar-refractivity contribution is 0.0123. The van der Waals surface area contributed by atoms with Crippen molar-refractivity contribution in [2.75, 3.05) is 20.3 Å². The molecule has 0 saturated heterocycles. The van der Waals surface area contributed by atoms with Gasteiger partial charge in [-0.15, -0.1) is 0 Å². The Kier molecular flexibility index (Phi) is 9.05. The first-order valence-corrected chi connectivity index (χ1v) is 4.65. The topological polar surface area (TPSA) is 85.2 Å². The van der Waals surface area contributed by atoms with Gasteiger partial charge in [0.2, 0.25) is 0 Å². The summed E-state index contributed by atoms with van der Waals surface area (Å²) < 4.78 is 13.6. The van der Waals surface area contributed by atoms with Crippen molar-refractivity contribution in [1.82, 2.24) is 0 Å². The third-order valence-electron chi connectivity index (χ3n) is 1.37. The molecule has 0 spiro atoms. The van der Waals surface area contributed by atoms with Crippen LogP contribution in [0.3, 0.4) is 0 Å². The molecule has 0 aliphatic rings. The number of aliphatic hydroxyl groups excluding tert-OH is 2. The van der Waals surface area contributed by atoms with Crippen LogP contribution in [0.5, 0.6) is 0 Å². The van der Waals surface area contributed by atoms with Crippen LogP contribution in [0.1, 0.15) is 6.42 Å². The number of rotatable bonds is 7. The zero-order valence-corrected chi connectivity index (χ0v) is 9.04. The minimum Gasteiger partial charge on any atom is -0.505 e. The van der Waals surface area contributed by atoms with Crippen molar-refractivity contribution in [2.45, 2.75) is 12.5 Å². The second kappa shape index (κ2) is 10.0. The van der Waals surface area contributed by atoms with Gasteiger partial charge in [0, 0.05) is 0 Å². The van der Waals surface area contributed by atoms with Gasteiger partial charge in [-0.25, -0.2) is 4.79 Å². The molecule has 0 rings (SSSR count). The predicted molar refractivity (Wildman–Crippen MR) is 55.4 cm³/mol. The Bertz CT molecular complexity index is 235. The van der Waals surface area contributed by atoms with Gasteiger partial charge in [0.15, 0.2) is 0 Å². The molecular formula is C10H16O6. The van der Waals surface area contributed by atoms with Gasteiger partial charge in [-0.3, -0.25) is 0 Å². The third-order valence-corrected chi connectivity index (χ3v) is 1.37. The van der Waals surface area contributed by atoms with E-state index in [1.807, 2.05) is 0 Å². The SMILES string of the molecule is CO/C=C\C/C=C\OC(=O)OCC(O)CO. The molecule has 0 bridgehead atoms. The molecule has 0 aromatic heterocycles. The van der Waals surface area contributed by atoms with Crippen LogP contribution in [0.4, 0.5) is 4.79 Å². The van der Waals surface area contributed by atoms with E-state index in [1.165, 1.54) is 19.6 Å². The summed E-state index contributed by atoms with van der Waals surface area (Å²) in [4.78, 5) is 10.8. The van der Waals surface area contributed by atoms with Gasteiger partial charge >= 0.3 is 6.16 Å². The highest BCUT2D eigenvalue weighted by Gasteiger charge is 2.06. The van der Waals surface area contributed by atoms with Crippen LogP contribution in [0.15, 0.2) is 24.7 Å². The van der Waals surface area contributed by atoms with Gasteiger partial charge in [-0.2, -0.15) is 0 Å². The third kappa shape index (κ3) is 9.04. The first-order chi connectivity index (χ1) is 7.70. The van der Waals surface area contributed by atoms with E-state index in [0.29, 0.717) is 6.42 Å². The van der Waals surface area contributed by atoms with Crippen molar-refractivity contribution < 1.29 is 29.2 Å². The van der Waals surface area contributed by atoms with Crippen LogP contribution in [-0.4, -0.2) is 42.8 Å². The fraction of sp³-hybridized carbons (Fsp3) is 0.500. The highest BCUT2D eigenvalue weighted by molar-refractivity contribution is 5.60. The molecule has 16 heavy (non-hydrogen) atoms. The van der Waals surface area contributed by atoms with E-state index in [4.69, 9.17) is 10.2 Å². The Labute approximate surface area is 93.7 Å². The number of methoxy groups -OCH3 is 1. The van der Waals surface area contributed by atoms with Crippen LogP contribution in [-0.2, 0) is 14.2 Å². The van der Waals surface area contributed by atoms with E-state index in [9.17, 15) is 4.79 Å². The highest BCUT2D eigenvalue weighted by Crippen LogP contribution is 1.92. The summed E-state index contributed by atoms with van der Waals surface area (Å²) >= 11 is 0. The molecule has 0 radical (unpaired) electrons. The molecule has 0 fully saturated rings. The summed E-state index contributed by atoms with van der Waals surface area (Å²) in [7, 11) is 1.53. The lowest BCUT2D eigenvalue weighted by atomic mass is 10.4. The van der Waals surface area contributed by atoms with E-state index in [0.717, 1.165) is 0 Å². The number of ether oxygens (including phenoxy) is 3. The molecule has 0 aromatic rings. The lowest BCUT2D eigenvalue weighted by Gasteiger charge is -2.06. The molecule has 0 aliphatic heterocycles. The van der Waals surface area contributed by atoms with Crippen molar-refractivity contribution in [3.63, 3.8) is 0 Å². The molecule has 1 unspecified atom stereocenters. The summed E-state index contributed by atoms with van der Waals surface area (Å²) in [5, 5.41) is 17.3. The van der Waals surface area contributed by atoms with Gasteiger partial charge < -0.3 is 24.4 Å². The van der Waals surface area contributed by atoms with Gasteiger partial charge in [0.1, 0.15) is 12.7 Å². The van der Waals surface area contributed by atoms with Crippen LogP contribution in [0, 0.1) is 0 Å². The number of hydrogen-bond donors (Lipinski definition) is 2. The number of hydrogen-bond acceptors (Lipinski definition) is 6. The molecule has 0 aromatic carbocycles. The largest absolute Gasteiger partial charge is 0.513 e. The quantitative estimate of drug-likeness (QED) is 0.492. The molecule has 0 saturated carbocycles. The van der Waals surface area contributed by atoms with E-state index in [-0.39, 0.29) is 6.61 Å². The smallest absolute Gasteiger partial charge is 0.505 e. The average molecular weight is 232 g/mol. The van der Waals surface area contributed by atoms with Crippen LogP contribution < -0.4 is 0 Å². The summed E-state index contributed by atoms with van der Waals surface area (Å²) in [6.07, 6.45) is 4.52.